The summed E-state index contributed by atoms with van der Waals surface area (Å²) in [5.41, 5.74) is 0.244. The van der Waals surface area contributed by atoms with Gasteiger partial charge in [-0.25, -0.2) is 0 Å². The predicted molar refractivity (Wildman–Crippen MR) is 158 cm³/mol. The number of ketones is 1. The number of benzene rings is 3. The van der Waals surface area contributed by atoms with E-state index >= 15 is 0 Å². The maximum atomic E-state index is 12.8. The van der Waals surface area contributed by atoms with Crippen LogP contribution in [0.25, 0.3) is 0 Å². The van der Waals surface area contributed by atoms with E-state index in [1.54, 1.807) is 0 Å². The molecule has 41 heavy (non-hydrogen) atoms. The summed E-state index contributed by atoms with van der Waals surface area (Å²) in [5, 5.41) is 22.5. The van der Waals surface area contributed by atoms with Crippen molar-refractivity contribution in [2.75, 3.05) is 42.7 Å². The molecule has 1 aliphatic rings. The lowest BCUT2D eigenvalue weighted by Crippen LogP contribution is -2.39. The molecule has 9 nitrogen and oxygen atoms in total. The van der Waals surface area contributed by atoms with Gasteiger partial charge in [0.1, 0.15) is 30.3 Å². The molecule has 0 atom stereocenters. The first-order chi connectivity index (χ1) is 19.8. The molecule has 0 radical (unpaired) electrons. The molecule has 2 N–H and O–H groups in total. The average molecular weight is 582 g/mol. The Kier molecular flexibility index (Phi) is 8.98. The molecule has 0 aliphatic heterocycles. The largest absolute Gasteiger partial charge is 0.508 e. The molecule has 3 aromatic rings. The Hall–Kier alpha value is -4.36. The highest BCUT2D eigenvalue weighted by atomic mass is 31.2. The number of carbonyl (C=O) groups excluding carboxylic acids is 1. The summed E-state index contributed by atoms with van der Waals surface area (Å²) in [4.78, 5) is 12.8. The van der Waals surface area contributed by atoms with Gasteiger partial charge in [-0.3, -0.25) is 4.79 Å². The van der Waals surface area contributed by atoms with E-state index in [1.165, 1.54) is 79.1 Å². The molecular formula is C31H34O9P+. The maximum Gasteiger partial charge on any atom is 0.193 e. The molecule has 1 aliphatic carbocycles. The number of aromatic hydroxyl groups is 2. The van der Waals surface area contributed by atoms with Gasteiger partial charge in [0.15, 0.2) is 45.0 Å². The molecule has 0 bridgehead atoms. The molecule has 0 fully saturated rings. The van der Waals surface area contributed by atoms with Crippen molar-refractivity contribution in [2.45, 2.75) is 11.8 Å². The van der Waals surface area contributed by atoms with E-state index in [9.17, 15) is 15.0 Å². The van der Waals surface area contributed by atoms with E-state index in [4.69, 9.17) is 28.4 Å². The number of phenolic OH excluding ortho intramolecular Hbond substituents is 2. The van der Waals surface area contributed by atoms with Crippen LogP contribution in [0, 0.1) is 0 Å². The molecule has 216 valence electrons. The van der Waals surface area contributed by atoms with Gasteiger partial charge >= 0.3 is 0 Å². The zero-order chi connectivity index (χ0) is 29.7. The van der Waals surface area contributed by atoms with Crippen LogP contribution in [0.5, 0.6) is 34.5 Å². The van der Waals surface area contributed by atoms with Crippen molar-refractivity contribution in [1.29, 1.82) is 0 Å². The summed E-state index contributed by atoms with van der Waals surface area (Å²) in [6.07, 6.45) is 3.24. The fourth-order valence-electron chi connectivity index (χ4n) is 5.43. The normalized spacial score (nSPS) is 13.7. The highest BCUT2D eigenvalue weighted by Crippen LogP contribution is 2.72. The van der Waals surface area contributed by atoms with Crippen LogP contribution >= 0.6 is 7.26 Å². The second-order valence-electron chi connectivity index (χ2n) is 9.22. The van der Waals surface area contributed by atoms with Gasteiger partial charge < -0.3 is 38.6 Å². The standard InChI is InChI=1S/C31H33O9P/c1-35-23-12-20(32)13-24(36-2)29(23)41(18-19-10-8-7-9-11-19,30-25(37-3)14-21(33)15-26(30)38-4)31-27(39-5)16-22(34)17-28(31)40-6/h7-17,29H,18H2,1-6H3,(H-,33,34)/p+1. The molecule has 10 heteroatoms. The first kappa shape index (κ1) is 29.6. The van der Waals surface area contributed by atoms with Crippen LogP contribution in [0.4, 0.5) is 0 Å². The van der Waals surface area contributed by atoms with E-state index in [0.717, 1.165) is 5.56 Å². The smallest absolute Gasteiger partial charge is 0.193 e. The first-order valence-electron chi connectivity index (χ1n) is 12.7. The Bertz CT molecular complexity index is 1340. The lowest BCUT2D eigenvalue weighted by Gasteiger charge is -2.38. The van der Waals surface area contributed by atoms with Crippen LogP contribution < -0.4 is 29.6 Å². The lowest BCUT2D eigenvalue weighted by atomic mass is 10.1. The summed E-state index contributed by atoms with van der Waals surface area (Å²) >= 11 is 0. The van der Waals surface area contributed by atoms with E-state index in [-0.39, 0.29) is 17.3 Å². The van der Waals surface area contributed by atoms with E-state index in [2.05, 4.69) is 0 Å². The molecule has 4 rings (SSSR count). The highest BCUT2D eigenvalue weighted by molar-refractivity contribution is 7.90. The number of phenols is 2. The van der Waals surface area contributed by atoms with Crippen LogP contribution in [0.3, 0.4) is 0 Å². The van der Waals surface area contributed by atoms with Crippen molar-refractivity contribution in [2.24, 2.45) is 0 Å². The van der Waals surface area contributed by atoms with Crippen LogP contribution in [-0.4, -0.2) is 64.3 Å². The van der Waals surface area contributed by atoms with Gasteiger partial charge in [0.05, 0.1) is 48.8 Å². The van der Waals surface area contributed by atoms with Crippen LogP contribution in [-0.2, 0) is 20.4 Å². The summed E-state index contributed by atoms with van der Waals surface area (Å²) in [7, 11) is 5.83. The van der Waals surface area contributed by atoms with Gasteiger partial charge in [0, 0.05) is 36.4 Å². The predicted octanol–water partition coefficient (Wildman–Crippen LogP) is 4.31. The topological polar surface area (TPSA) is 113 Å². The Morgan fingerprint density at radius 2 is 1.02 bits per heavy atom. The third-order valence-corrected chi connectivity index (χ3v) is 11.8. The van der Waals surface area contributed by atoms with Crippen molar-refractivity contribution in [3.63, 3.8) is 0 Å². The van der Waals surface area contributed by atoms with Crippen molar-refractivity contribution >= 4 is 23.7 Å². The SMILES string of the molecule is COC1=CC(=O)C=C(OC)C1[P+](Cc1ccccc1)(c1c(OC)cc(O)cc1OC)c1c(OC)cc(O)cc1OC. The summed E-state index contributed by atoms with van der Waals surface area (Å²) in [5.74, 6) is 1.65. The molecule has 0 saturated carbocycles. The molecule has 0 heterocycles. The first-order valence-corrected chi connectivity index (χ1v) is 14.7. The number of allylic oxidation sites excluding steroid dienone is 2. The van der Waals surface area contributed by atoms with Crippen molar-refractivity contribution < 1.29 is 43.4 Å². The zero-order valence-electron chi connectivity index (χ0n) is 23.8. The molecule has 0 aromatic heterocycles. The van der Waals surface area contributed by atoms with Gasteiger partial charge in [0.2, 0.25) is 0 Å². The molecular weight excluding hydrogens is 547 g/mol. The van der Waals surface area contributed by atoms with Crippen molar-refractivity contribution in [3.8, 4) is 34.5 Å². The lowest BCUT2D eigenvalue weighted by molar-refractivity contribution is -0.111. The van der Waals surface area contributed by atoms with E-state index < -0.39 is 12.9 Å². The minimum Gasteiger partial charge on any atom is -0.508 e. The number of carbonyl (C=O) groups is 1. The van der Waals surface area contributed by atoms with Gasteiger partial charge in [-0.1, -0.05) is 30.3 Å². The van der Waals surface area contributed by atoms with Gasteiger partial charge in [-0.05, 0) is 5.56 Å². The average Bonchev–Trinajstić information content (AvgIpc) is 2.99. The minimum atomic E-state index is -3.19. The third kappa shape index (κ3) is 5.37. The fraction of sp³-hybridized carbons (Fsp3) is 0.258. The number of methoxy groups -OCH3 is 6. The quantitative estimate of drug-likeness (QED) is 0.320. The molecule has 0 spiro atoms. The van der Waals surface area contributed by atoms with Crippen molar-refractivity contribution in [3.05, 3.63) is 83.8 Å². The molecule has 0 unspecified atom stereocenters. The number of hydrogen-bond acceptors (Lipinski definition) is 9. The summed E-state index contributed by atoms with van der Waals surface area (Å²) in [6, 6.07) is 15.8. The summed E-state index contributed by atoms with van der Waals surface area (Å²) < 4.78 is 35.5. The zero-order valence-corrected chi connectivity index (χ0v) is 24.7. The Labute approximate surface area is 239 Å². The van der Waals surface area contributed by atoms with Crippen LogP contribution in [0.15, 0.2) is 78.3 Å². The van der Waals surface area contributed by atoms with Gasteiger partial charge in [-0.2, -0.15) is 0 Å². The molecule has 3 aromatic carbocycles. The third-order valence-electron chi connectivity index (χ3n) is 7.02. The second kappa shape index (κ2) is 12.4. The maximum absolute atomic E-state index is 12.8. The number of hydrogen-bond donors (Lipinski definition) is 2. The van der Waals surface area contributed by atoms with E-state index in [1.807, 2.05) is 30.3 Å². The number of ether oxygens (including phenoxy) is 6. The van der Waals surface area contributed by atoms with Crippen LogP contribution in [0.2, 0.25) is 0 Å². The van der Waals surface area contributed by atoms with E-state index in [0.29, 0.717) is 51.3 Å². The van der Waals surface area contributed by atoms with Crippen molar-refractivity contribution in [1.82, 2.24) is 0 Å². The number of rotatable bonds is 11. The monoisotopic (exact) mass is 581 g/mol. The second-order valence-corrected chi connectivity index (χ2v) is 12.7. The minimum absolute atomic E-state index is 0.0614. The highest BCUT2D eigenvalue weighted by Gasteiger charge is 2.62. The Balaban J connectivity index is 2.34. The Morgan fingerprint density at radius 3 is 1.37 bits per heavy atom. The summed E-state index contributed by atoms with van der Waals surface area (Å²) in [6.45, 7) is 0. The Morgan fingerprint density at radius 1 is 0.634 bits per heavy atom. The van der Waals surface area contributed by atoms with Gasteiger partial charge in [0.25, 0.3) is 0 Å². The molecule has 0 amide bonds. The van der Waals surface area contributed by atoms with Crippen LogP contribution in [0.1, 0.15) is 5.56 Å². The fourth-order valence-corrected chi connectivity index (χ4v) is 10.9. The molecule has 0 saturated heterocycles. The van der Waals surface area contributed by atoms with Gasteiger partial charge in [-0.15, -0.1) is 0 Å².